The molecule has 1 aromatic heterocycles. The molecule has 0 aliphatic heterocycles. The number of pyridine rings is 1. The van der Waals surface area contributed by atoms with E-state index in [1.54, 1.807) is 7.11 Å². The molecule has 0 saturated heterocycles. The molecule has 0 saturated carbocycles. The molecule has 0 N–H and O–H groups in total. The molecule has 4 nitrogen and oxygen atoms in total. The molecule has 1 heterocycles. The third-order valence-electron chi connectivity index (χ3n) is 3.78. The number of methoxy groups -OCH3 is 1. The van der Waals surface area contributed by atoms with E-state index in [0.717, 1.165) is 43.2 Å². The lowest BCUT2D eigenvalue weighted by Gasteiger charge is -2.05. The summed E-state index contributed by atoms with van der Waals surface area (Å²) >= 11 is 0. The number of unbranched alkanes of at least 4 members (excludes halogenated alkanes) is 3. The van der Waals surface area contributed by atoms with Crippen molar-refractivity contribution in [1.82, 2.24) is 4.98 Å². The first-order valence-corrected chi connectivity index (χ1v) is 7.98. The van der Waals surface area contributed by atoms with Gasteiger partial charge in [-0.25, -0.2) is 4.98 Å². The largest absolute Gasteiger partial charge is 0.481 e. The molecule has 0 fully saturated rings. The zero-order valence-electron chi connectivity index (χ0n) is 13.5. The standard InChI is InChI=1S/C19H23NO3/c1-22-19-12-11-18(14-20-19)17-9-7-16(8-10-17)6-4-2-3-5-13-23-15-21/h7-12,14-15H,2-6,13H2,1H3. The Labute approximate surface area is 137 Å². The fraction of sp³-hybridized carbons (Fsp3) is 0.368. The Kier molecular flexibility index (Phi) is 7.11. The molecule has 2 aromatic rings. The Balaban J connectivity index is 1.76. The monoisotopic (exact) mass is 313 g/mol. The summed E-state index contributed by atoms with van der Waals surface area (Å²) in [4.78, 5) is 14.2. The number of benzene rings is 1. The SMILES string of the molecule is COc1ccc(-c2ccc(CCCCCCOC=O)cc2)cn1. The van der Waals surface area contributed by atoms with E-state index in [4.69, 9.17) is 4.74 Å². The average Bonchev–Trinajstić information content (AvgIpc) is 2.61. The highest BCUT2D eigenvalue weighted by Crippen LogP contribution is 2.21. The van der Waals surface area contributed by atoms with Crippen molar-refractivity contribution in [2.75, 3.05) is 13.7 Å². The van der Waals surface area contributed by atoms with Gasteiger partial charge in [-0.3, -0.25) is 4.79 Å². The molecular formula is C19H23NO3. The minimum absolute atomic E-state index is 0.514. The smallest absolute Gasteiger partial charge is 0.293 e. The van der Waals surface area contributed by atoms with Gasteiger partial charge >= 0.3 is 0 Å². The van der Waals surface area contributed by atoms with Gasteiger partial charge in [-0.2, -0.15) is 0 Å². The molecule has 4 heteroatoms. The summed E-state index contributed by atoms with van der Waals surface area (Å²) in [5.41, 5.74) is 3.60. The molecule has 1 aromatic carbocycles. The predicted octanol–water partition coefficient (Wildman–Crippen LogP) is 4.03. The summed E-state index contributed by atoms with van der Waals surface area (Å²) in [7, 11) is 1.62. The lowest BCUT2D eigenvalue weighted by molar-refractivity contribution is -0.128. The van der Waals surface area contributed by atoms with Gasteiger partial charge in [0.2, 0.25) is 5.88 Å². The van der Waals surface area contributed by atoms with Crippen molar-refractivity contribution in [3.63, 3.8) is 0 Å². The fourth-order valence-corrected chi connectivity index (χ4v) is 2.45. The van der Waals surface area contributed by atoms with Crippen molar-refractivity contribution in [2.45, 2.75) is 32.1 Å². The van der Waals surface area contributed by atoms with Crippen LogP contribution in [0.15, 0.2) is 42.6 Å². The summed E-state index contributed by atoms with van der Waals surface area (Å²) < 4.78 is 9.75. The van der Waals surface area contributed by atoms with Crippen LogP contribution in [0.3, 0.4) is 0 Å². The number of carbonyl (C=O) groups is 1. The van der Waals surface area contributed by atoms with Crippen molar-refractivity contribution in [2.24, 2.45) is 0 Å². The van der Waals surface area contributed by atoms with Crippen molar-refractivity contribution >= 4 is 6.47 Å². The molecule has 0 aliphatic carbocycles. The molecule has 23 heavy (non-hydrogen) atoms. The van der Waals surface area contributed by atoms with Crippen LogP contribution in [0.4, 0.5) is 0 Å². The topological polar surface area (TPSA) is 48.4 Å². The maximum Gasteiger partial charge on any atom is 0.293 e. The number of carbonyl (C=O) groups excluding carboxylic acids is 1. The Bertz CT molecular complexity index is 579. The average molecular weight is 313 g/mol. The minimum atomic E-state index is 0.514. The number of hydrogen-bond acceptors (Lipinski definition) is 4. The van der Waals surface area contributed by atoms with Gasteiger partial charge in [0.05, 0.1) is 13.7 Å². The van der Waals surface area contributed by atoms with Crippen LogP contribution in [0, 0.1) is 0 Å². The third kappa shape index (κ3) is 5.74. The van der Waals surface area contributed by atoms with Gasteiger partial charge in [0.15, 0.2) is 0 Å². The second kappa shape index (κ2) is 9.62. The molecule has 0 aliphatic rings. The van der Waals surface area contributed by atoms with Crippen molar-refractivity contribution in [1.29, 1.82) is 0 Å². The second-order valence-corrected chi connectivity index (χ2v) is 5.42. The van der Waals surface area contributed by atoms with E-state index in [1.165, 1.54) is 5.56 Å². The van der Waals surface area contributed by atoms with Gasteiger partial charge in [-0.1, -0.05) is 37.1 Å². The molecule has 0 unspecified atom stereocenters. The number of aryl methyl sites for hydroxylation is 1. The van der Waals surface area contributed by atoms with Crippen LogP contribution in [-0.4, -0.2) is 25.2 Å². The third-order valence-corrected chi connectivity index (χ3v) is 3.78. The summed E-state index contributed by atoms with van der Waals surface area (Å²) in [6, 6.07) is 12.5. The summed E-state index contributed by atoms with van der Waals surface area (Å²) in [6.45, 7) is 1.05. The van der Waals surface area contributed by atoms with Crippen LogP contribution in [0.25, 0.3) is 11.1 Å². The first-order chi connectivity index (χ1) is 11.3. The van der Waals surface area contributed by atoms with E-state index < -0.39 is 0 Å². The van der Waals surface area contributed by atoms with Crippen LogP contribution < -0.4 is 4.74 Å². The van der Waals surface area contributed by atoms with Gasteiger partial charge in [0.25, 0.3) is 6.47 Å². The number of rotatable bonds is 10. The van der Waals surface area contributed by atoms with E-state index in [1.807, 2.05) is 18.3 Å². The maximum atomic E-state index is 10.0. The van der Waals surface area contributed by atoms with Gasteiger partial charge in [0, 0.05) is 17.8 Å². The Hall–Kier alpha value is -2.36. The lowest BCUT2D eigenvalue weighted by atomic mass is 10.0. The van der Waals surface area contributed by atoms with Crippen LogP contribution in [-0.2, 0) is 16.0 Å². The molecular weight excluding hydrogens is 290 g/mol. The Morgan fingerprint density at radius 1 is 0.957 bits per heavy atom. The van der Waals surface area contributed by atoms with E-state index in [2.05, 4.69) is 34.0 Å². The van der Waals surface area contributed by atoms with Gasteiger partial charge < -0.3 is 9.47 Å². The molecule has 122 valence electrons. The zero-order valence-corrected chi connectivity index (χ0v) is 13.5. The highest BCUT2D eigenvalue weighted by atomic mass is 16.5. The Morgan fingerprint density at radius 3 is 2.35 bits per heavy atom. The Morgan fingerprint density at radius 2 is 1.70 bits per heavy atom. The summed E-state index contributed by atoms with van der Waals surface area (Å²) in [5, 5.41) is 0. The van der Waals surface area contributed by atoms with Gasteiger partial charge in [0.1, 0.15) is 0 Å². The summed E-state index contributed by atoms with van der Waals surface area (Å²) in [5.74, 6) is 0.629. The van der Waals surface area contributed by atoms with Crippen LogP contribution in [0.5, 0.6) is 5.88 Å². The number of nitrogens with zero attached hydrogens (tertiary/aromatic N) is 1. The molecule has 0 amide bonds. The normalized spacial score (nSPS) is 10.3. The lowest BCUT2D eigenvalue weighted by Crippen LogP contribution is -1.92. The fourth-order valence-electron chi connectivity index (χ4n) is 2.45. The van der Waals surface area contributed by atoms with Gasteiger partial charge in [-0.15, -0.1) is 0 Å². The first kappa shape index (κ1) is 17.0. The van der Waals surface area contributed by atoms with E-state index in [0.29, 0.717) is 19.0 Å². The number of ether oxygens (including phenoxy) is 2. The van der Waals surface area contributed by atoms with Gasteiger partial charge in [-0.05, 0) is 36.5 Å². The highest BCUT2D eigenvalue weighted by Gasteiger charge is 2.00. The number of aromatic nitrogens is 1. The minimum Gasteiger partial charge on any atom is -0.481 e. The maximum absolute atomic E-state index is 10.0. The van der Waals surface area contributed by atoms with E-state index in [-0.39, 0.29) is 0 Å². The van der Waals surface area contributed by atoms with Crippen LogP contribution in [0.1, 0.15) is 31.2 Å². The second-order valence-electron chi connectivity index (χ2n) is 5.42. The molecule has 0 bridgehead atoms. The highest BCUT2D eigenvalue weighted by molar-refractivity contribution is 5.62. The van der Waals surface area contributed by atoms with E-state index in [9.17, 15) is 4.79 Å². The van der Waals surface area contributed by atoms with Crippen molar-refractivity contribution in [3.8, 4) is 17.0 Å². The molecule has 2 rings (SSSR count). The van der Waals surface area contributed by atoms with Crippen LogP contribution in [0.2, 0.25) is 0 Å². The van der Waals surface area contributed by atoms with Crippen molar-refractivity contribution < 1.29 is 14.3 Å². The van der Waals surface area contributed by atoms with E-state index >= 15 is 0 Å². The first-order valence-electron chi connectivity index (χ1n) is 7.98. The van der Waals surface area contributed by atoms with Crippen molar-refractivity contribution in [3.05, 3.63) is 48.2 Å². The molecule has 0 spiro atoms. The number of hydrogen-bond donors (Lipinski definition) is 0. The van der Waals surface area contributed by atoms with Crippen LogP contribution >= 0.6 is 0 Å². The quantitative estimate of drug-likeness (QED) is 0.491. The molecule has 0 radical (unpaired) electrons. The summed E-state index contributed by atoms with van der Waals surface area (Å²) in [6.07, 6.45) is 7.27. The predicted molar refractivity (Wildman–Crippen MR) is 90.4 cm³/mol. The zero-order chi connectivity index (χ0) is 16.3. The molecule has 0 atom stereocenters.